The largest absolute Gasteiger partial charge is 0.466 e. The van der Waals surface area contributed by atoms with Crippen LogP contribution in [0, 0.1) is 17.8 Å². The van der Waals surface area contributed by atoms with Crippen LogP contribution in [0.5, 0.6) is 0 Å². The number of hydrogen-bond acceptors (Lipinski definition) is 8. The van der Waals surface area contributed by atoms with Gasteiger partial charge in [0.2, 0.25) is 11.8 Å². The zero-order valence-corrected chi connectivity index (χ0v) is 22.5. The molecule has 0 aliphatic carbocycles. The lowest BCUT2D eigenvalue weighted by atomic mass is 9.66. The molecule has 2 amide bonds. The second-order valence-electron chi connectivity index (χ2n) is 11.0. The Bertz CT molecular complexity index is 1220. The highest BCUT2D eigenvalue weighted by Gasteiger charge is 2.78. The molecule has 1 spiro atoms. The number of para-hydroxylation sites is 1. The predicted molar refractivity (Wildman–Crippen MR) is 138 cm³/mol. The van der Waals surface area contributed by atoms with E-state index >= 15 is 0 Å². The Hall–Kier alpha value is -2.66. The summed E-state index contributed by atoms with van der Waals surface area (Å²) in [7, 11) is 0. The summed E-state index contributed by atoms with van der Waals surface area (Å²) in [5.74, 6) is -2.01. The number of carbonyl (C=O) groups is 3. The third kappa shape index (κ3) is 4.01. The molecular formula is C26H35N5O5S. The van der Waals surface area contributed by atoms with E-state index in [4.69, 9.17) is 4.74 Å². The Morgan fingerprint density at radius 3 is 2.76 bits per heavy atom. The number of carbonyl (C=O) groups excluding carboxylic acids is 3. The van der Waals surface area contributed by atoms with Gasteiger partial charge in [-0.25, -0.2) is 4.68 Å². The molecule has 200 valence electrons. The SMILES string of the molecule is CCOC(=O)[C@H]1[C@H]2C(=O)N([C@@H](CO)CC(C)C)C(C(=O)NCn3nnc4ccccc43)C23CC[C@]1(C)S3. The first-order valence-electron chi connectivity index (χ1n) is 13.0. The van der Waals surface area contributed by atoms with Crippen molar-refractivity contribution in [2.24, 2.45) is 17.8 Å². The van der Waals surface area contributed by atoms with E-state index in [0.717, 1.165) is 11.0 Å². The summed E-state index contributed by atoms with van der Waals surface area (Å²) in [6, 6.07) is 6.15. The van der Waals surface area contributed by atoms with Gasteiger partial charge in [0, 0.05) is 4.75 Å². The van der Waals surface area contributed by atoms with Gasteiger partial charge in [-0.15, -0.1) is 16.9 Å². The van der Waals surface area contributed by atoms with Crippen LogP contribution in [0.15, 0.2) is 24.3 Å². The van der Waals surface area contributed by atoms with E-state index in [9.17, 15) is 19.5 Å². The second kappa shape index (κ2) is 9.58. The molecule has 0 saturated carbocycles. The van der Waals surface area contributed by atoms with Crippen LogP contribution in [0.4, 0.5) is 0 Å². The number of fused-ring (bicyclic) bond motifs is 2. The van der Waals surface area contributed by atoms with Crippen LogP contribution in [0.3, 0.4) is 0 Å². The Kier molecular flexibility index (Phi) is 6.72. The number of aliphatic hydroxyl groups is 1. The van der Waals surface area contributed by atoms with E-state index in [1.807, 2.05) is 45.0 Å². The van der Waals surface area contributed by atoms with Gasteiger partial charge in [-0.2, -0.15) is 0 Å². The van der Waals surface area contributed by atoms with Crippen molar-refractivity contribution in [3.63, 3.8) is 0 Å². The van der Waals surface area contributed by atoms with E-state index < -0.39 is 33.4 Å². The lowest BCUT2D eigenvalue weighted by molar-refractivity contribution is -0.155. The average molecular weight is 530 g/mol. The van der Waals surface area contributed by atoms with Crippen LogP contribution in [-0.2, 0) is 25.8 Å². The third-order valence-electron chi connectivity index (χ3n) is 8.17. The number of hydrogen-bond donors (Lipinski definition) is 2. The highest BCUT2D eigenvalue weighted by Crippen LogP contribution is 2.71. The Morgan fingerprint density at radius 2 is 2.05 bits per heavy atom. The van der Waals surface area contributed by atoms with Crippen molar-refractivity contribution in [1.29, 1.82) is 0 Å². The molecule has 4 heterocycles. The molecule has 2 aromatic rings. The highest BCUT2D eigenvalue weighted by atomic mass is 32.2. The standard InChI is InChI=1S/C26H35N5O5S/c1-5-36-24(35)20-19-23(34)31(16(13-32)12-15(2)3)21(26(19)11-10-25(20,4)37-26)22(33)27-14-30-18-9-7-6-8-17(18)28-29-30/h6-9,15-16,19-21,32H,5,10-14H2,1-4H3,(H,27,33)/t16-,19+,20-,21?,25+,26?/m1/s1. The lowest BCUT2D eigenvalue weighted by Gasteiger charge is -2.37. The topological polar surface area (TPSA) is 127 Å². The maximum atomic E-state index is 14.1. The van der Waals surface area contributed by atoms with Gasteiger partial charge in [0.25, 0.3) is 0 Å². The zero-order valence-electron chi connectivity index (χ0n) is 21.7. The quantitative estimate of drug-likeness (QED) is 0.472. The molecule has 3 saturated heterocycles. The van der Waals surface area contributed by atoms with Crippen molar-refractivity contribution in [3.8, 4) is 0 Å². The Labute approximate surface area is 220 Å². The number of thioether (sulfide) groups is 1. The van der Waals surface area contributed by atoms with E-state index in [-0.39, 0.29) is 43.6 Å². The molecule has 10 nitrogen and oxygen atoms in total. The summed E-state index contributed by atoms with van der Waals surface area (Å²) in [5.41, 5.74) is 1.51. The molecule has 6 atom stereocenters. The molecule has 5 rings (SSSR count). The fourth-order valence-corrected chi connectivity index (χ4v) is 9.08. The number of rotatable bonds is 9. The van der Waals surface area contributed by atoms with Crippen LogP contribution in [0.2, 0.25) is 0 Å². The predicted octanol–water partition coefficient (Wildman–Crippen LogP) is 1.96. The summed E-state index contributed by atoms with van der Waals surface area (Å²) in [4.78, 5) is 42.9. The van der Waals surface area contributed by atoms with Gasteiger partial charge in [-0.3, -0.25) is 14.4 Å². The van der Waals surface area contributed by atoms with Crippen molar-refractivity contribution >= 4 is 40.6 Å². The van der Waals surface area contributed by atoms with E-state index in [2.05, 4.69) is 15.6 Å². The van der Waals surface area contributed by atoms with Crippen LogP contribution in [0.1, 0.15) is 47.0 Å². The van der Waals surface area contributed by atoms with Crippen molar-refractivity contribution in [2.75, 3.05) is 13.2 Å². The molecule has 11 heteroatoms. The molecule has 37 heavy (non-hydrogen) atoms. The first-order chi connectivity index (χ1) is 17.7. The van der Waals surface area contributed by atoms with Crippen LogP contribution < -0.4 is 5.32 Å². The summed E-state index contributed by atoms with van der Waals surface area (Å²) in [6.45, 7) is 7.89. The summed E-state index contributed by atoms with van der Waals surface area (Å²) < 4.78 is 5.80. The monoisotopic (exact) mass is 529 g/mol. The summed E-state index contributed by atoms with van der Waals surface area (Å²) in [5, 5.41) is 21.6. The summed E-state index contributed by atoms with van der Waals surface area (Å²) >= 11 is 1.59. The number of ether oxygens (including phenoxy) is 1. The minimum atomic E-state index is -0.818. The number of aliphatic hydroxyl groups excluding tert-OH is 1. The van der Waals surface area contributed by atoms with Gasteiger partial charge in [0.1, 0.15) is 18.2 Å². The first kappa shape index (κ1) is 26.0. The molecule has 2 N–H and O–H groups in total. The van der Waals surface area contributed by atoms with Gasteiger partial charge < -0.3 is 20.1 Å². The normalized spacial score (nSPS) is 31.2. The molecular weight excluding hydrogens is 494 g/mol. The average Bonchev–Trinajstić information content (AvgIpc) is 3.56. The third-order valence-corrected chi connectivity index (χ3v) is 10.2. The van der Waals surface area contributed by atoms with E-state index in [1.165, 1.54) is 0 Å². The Morgan fingerprint density at radius 1 is 1.30 bits per heavy atom. The number of nitrogens with zero attached hydrogens (tertiary/aromatic N) is 4. The second-order valence-corrected chi connectivity index (χ2v) is 12.9. The molecule has 3 aliphatic rings. The number of nitrogens with one attached hydrogen (secondary N) is 1. The van der Waals surface area contributed by atoms with Gasteiger partial charge in [0.05, 0.1) is 41.4 Å². The van der Waals surface area contributed by atoms with E-state index in [1.54, 1.807) is 28.3 Å². The maximum Gasteiger partial charge on any atom is 0.311 e. The molecule has 0 radical (unpaired) electrons. The number of esters is 1. The van der Waals surface area contributed by atoms with Crippen molar-refractivity contribution in [3.05, 3.63) is 24.3 Å². The zero-order chi connectivity index (χ0) is 26.5. The Balaban J connectivity index is 1.50. The van der Waals surface area contributed by atoms with Crippen LogP contribution in [0.25, 0.3) is 11.0 Å². The van der Waals surface area contributed by atoms with Crippen molar-refractivity contribution in [2.45, 2.75) is 75.2 Å². The maximum absolute atomic E-state index is 14.1. The smallest absolute Gasteiger partial charge is 0.311 e. The minimum Gasteiger partial charge on any atom is -0.466 e. The molecule has 3 fully saturated rings. The molecule has 1 aromatic heterocycles. The number of likely N-dealkylation sites (tertiary alicyclic amines) is 1. The molecule has 2 bridgehead atoms. The fourth-order valence-electron chi connectivity index (χ4n) is 6.75. The van der Waals surface area contributed by atoms with Crippen LogP contribution >= 0.6 is 11.8 Å². The van der Waals surface area contributed by atoms with Crippen molar-refractivity contribution < 1.29 is 24.2 Å². The molecule has 1 aromatic carbocycles. The number of benzene rings is 1. The minimum absolute atomic E-state index is 0.0931. The van der Waals surface area contributed by atoms with Gasteiger partial charge in [-0.1, -0.05) is 31.2 Å². The van der Waals surface area contributed by atoms with Gasteiger partial charge in [-0.05, 0) is 51.2 Å². The van der Waals surface area contributed by atoms with Crippen molar-refractivity contribution in [1.82, 2.24) is 25.2 Å². The fraction of sp³-hybridized carbons (Fsp3) is 0.654. The molecule has 2 unspecified atom stereocenters. The van der Waals surface area contributed by atoms with Gasteiger partial charge in [0.15, 0.2) is 0 Å². The van der Waals surface area contributed by atoms with Crippen LogP contribution in [-0.4, -0.2) is 77.6 Å². The van der Waals surface area contributed by atoms with E-state index in [0.29, 0.717) is 19.3 Å². The highest BCUT2D eigenvalue weighted by molar-refractivity contribution is 8.02. The molecule has 3 aliphatic heterocycles. The number of amides is 2. The first-order valence-corrected chi connectivity index (χ1v) is 13.8. The lowest BCUT2D eigenvalue weighted by Crippen LogP contribution is -2.56. The number of aromatic nitrogens is 3. The van der Waals surface area contributed by atoms with Gasteiger partial charge >= 0.3 is 5.97 Å². The summed E-state index contributed by atoms with van der Waals surface area (Å²) in [6.07, 6.45) is 1.90.